The molecule has 0 radical (unpaired) electrons. The molecule has 0 saturated carbocycles. The molecule has 102 valence electrons. The maximum atomic E-state index is 11.9. The van der Waals surface area contributed by atoms with E-state index in [-0.39, 0.29) is 0 Å². The third-order valence-corrected chi connectivity index (χ3v) is 4.56. The van der Waals surface area contributed by atoms with Gasteiger partial charge in [0.15, 0.2) is 0 Å². The fraction of sp³-hybridized carbons (Fsp3) is 1.00. The molecule has 0 bridgehead atoms. The second-order valence-corrected chi connectivity index (χ2v) is 6.07. The van der Waals surface area contributed by atoms with Crippen molar-refractivity contribution in [2.75, 3.05) is 45.0 Å². The van der Waals surface area contributed by atoms with Gasteiger partial charge in [0.05, 0.1) is 6.61 Å². The van der Waals surface area contributed by atoms with Crippen LogP contribution in [-0.4, -0.2) is 55.2 Å². The lowest BCUT2D eigenvalue weighted by Crippen LogP contribution is -2.41. The fourth-order valence-electron chi connectivity index (χ4n) is 2.14. The second-order valence-electron chi connectivity index (χ2n) is 4.44. The van der Waals surface area contributed by atoms with Crippen LogP contribution < -0.4 is 5.32 Å². The van der Waals surface area contributed by atoms with Gasteiger partial charge in [-0.15, -0.1) is 0 Å². The van der Waals surface area contributed by atoms with Crippen molar-refractivity contribution < 1.29 is 13.7 Å². The van der Waals surface area contributed by atoms with Gasteiger partial charge in [0.25, 0.3) is 0 Å². The van der Waals surface area contributed by atoms with E-state index in [2.05, 4.69) is 12.2 Å². The summed E-state index contributed by atoms with van der Waals surface area (Å²) in [7, 11) is 0.934. The standard InChI is InChI=1S/C12H25NO3S/c1-3-13-12(11-5-7-16-9-11)10-17(14)8-4-6-15-2/h11-13H,3-10H2,1-2H3. The van der Waals surface area contributed by atoms with Gasteiger partial charge in [-0.25, -0.2) is 0 Å². The van der Waals surface area contributed by atoms with Gasteiger partial charge in [-0.3, -0.25) is 4.21 Å². The molecule has 3 unspecified atom stereocenters. The van der Waals surface area contributed by atoms with Crippen molar-refractivity contribution in [1.29, 1.82) is 0 Å². The van der Waals surface area contributed by atoms with Crippen molar-refractivity contribution in [3.05, 3.63) is 0 Å². The first-order chi connectivity index (χ1) is 8.27. The van der Waals surface area contributed by atoms with Gasteiger partial charge < -0.3 is 14.8 Å². The minimum atomic E-state index is -0.747. The molecule has 0 spiro atoms. The Labute approximate surface area is 107 Å². The molecule has 0 amide bonds. The van der Waals surface area contributed by atoms with Gasteiger partial charge in [-0.1, -0.05) is 6.92 Å². The molecule has 3 atom stereocenters. The first-order valence-electron chi connectivity index (χ1n) is 6.43. The van der Waals surface area contributed by atoms with Crippen molar-refractivity contribution in [2.45, 2.75) is 25.8 Å². The van der Waals surface area contributed by atoms with E-state index in [9.17, 15) is 4.21 Å². The third kappa shape index (κ3) is 5.95. The normalized spacial score (nSPS) is 23.8. The molecule has 0 aromatic carbocycles. The Kier molecular flexibility index (Phi) is 8.01. The predicted molar refractivity (Wildman–Crippen MR) is 70.8 cm³/mol. The molecule has 1 rings (SSSR count). The summed E-state index contributed by atoms with van der Waals surface area (Å²) in [5.41, 5.74) is 0. The second kappa shape index (κ2) is 9.03. The average molecular weight is 263 g/mol. The molecule has 1 aliphatic heterocycles. The van der Waals surface area contributed by atoms with E-state index < -0.39 is 10.8 Å². The van der Waals surface area contributed by atoms with E-state index in [1.54, 1.807) is 7.11 Å². The van der Waals surface area contributed by atoms with Crippen LogP contribution in [0.3, 0.4) is 0 Å². The van der Waals surface area contributed by atoms with Gasteiger partial charge in [0, 0.05) is 54.6 Å². The van der Waals surface area contributed by atoms with Gasteiger partial charge in [-0.05, 0) is 19.4 Å². The van der Waals surface area contributed by atoms with Crippen molar-refractivity contribution in [1.82, 2.24) is 5.32 Å². The zero-order chi connectivity index (χ0) is 12.5. The zero-order valence-electron chi connectivity index (χ0n) is 10.9. The van der Waals surface area contributed by atoms with Gasteiger partial charge in [0.1, 0.15) is 0 Å². The van der Waals surface area contributed by atoms with Gasteiger partial charge >= 0.3 is 0 Å². The zero-order valence-corrected chi connectivity index (χ0v) is 11.8. The Morgan fingerprint density at radius 2 is 2.41 bits per heavy atom. The largest absolute Gasteiger partial charge is 0.385 e. The summed E-state index contributed by atoms with van der Waals surface area (Å²) in [5.74, 6) is 2.01. The van der Waals surface area contributed by atoms with Crippen LogP contribution in [0.2, 0.25) is 0 Å². The molecule has 1 heterocycles. The van der Waals surface area contributed by atoms with E-state index >= 15 is 0 Å². The maximum Gasteiger partial charge on any atom is 0.0510 e. The van der Waals surface area contributed by atoms with Crippen LogP contribution in [0.4, 0.5) is 0 Å². The monoisotopic (exact) mass is 263 g/mol. The average Bonchev–Trinajstić information content (AvgIpc) is 2.82. The first-order valence-corrected chi connectivity index (χ1v) is 7.91. The third-order valence-electron chi connectivity index (χ3n) is 3.09. The van der Waals surface area contributed by atoms with Crippen LogP contribution >= 0.6 is 0 Å². The van der Waals surface area contributed by atoms with Crippen LogP contribution in [-0.2, 0) is 20.3 Å². The van der Waals surface area contributed by atoms with E-state index in [4.69, 9.17) is 9.47 Å². The molecule has 1 saturated heterocycles. The quantitative estimate of drug-likeness (QED) is 0.625. The van der Waals surface area contributed by atoms with Crippen LogP contribution in [0.25, 0.3) is 0 Å². The minimum Gasteiger partial charge on any atom is -0.385 e. The minimum absolute atomic E-state index is 0.339. The number of rotatable bonds is 9. The number of ether oxygens (including phenoxy) is 2. The number of methoxy groups -OCH3 is 1. The lowest BCUT2D eigenvalue weighted by Gasteiger charge is -2.22. The summed E-state index contributed by atoms with van der Waals surface area (Å²) in [6.45, 7) is 5.38. The molecule has 1 N–H and O–H groups in total. The van der Waals surface area contributed by atoms with Gasteiger partial charge in [-0.2, -0.15) is 0 Å². The van der Waals surface area contributed by atoms with E-state index in [1.165, 1.54) is 0 Å². The lowest BCUT2D eigenvalue weighted by atomic mass is 10.0. The number of hydrogen-bond donors (Lipinski definition) is 1. The summed E-state index contributed by atoms with van der Waals surface area (Å²) >= 11 is 0. The number of hydrogen-bond acceptors (Lipinski definition) is 4. The number of nitrogens with one attached hydrogen (secondary N) is 1. The molecule has 4 nitrogen and oxygen atoms in total. The highest BCUT2D eigenvalue weighted by Gasteiger charge is 2.26. The van der Waals surface area contributed by atoms with Crippen molar-refractivity contribution in [3.63, 3.8) is 0 Å². The van der Waals surface area contributed by atoms with Crippen molar-refractivity contribution in [2.24, 2.45) is 5.92 Å². The van der Waals surface area contributed by atoms with E-state index in [0.29, 0.717) is 18.6 Å². The van der Waals surface area contributed by atoms with Crippen LogP contribution in [0, 0.1) is 5.92 Å². The Morgan fingerprint density at radius 1 is 1.59 bits per heavy atom. The topological polar surface area (TPSA) is 47.6 Å². The molecule has 0 aliphatic carbocycles. The predicted octanol–water partition coefficient (Wildman–Crippen LogP) is 0.786. The van der Waals surface area contributed by atoms with Crippen LogP contribution in [0.5, 0.6) is 0 Å². The Balaban J connectivity index is 2.29. The highest BCUT2D eigenvalue weighted by molar-refractivity contribution is 7.85. The summed E-state index contributed by atoms with van der Waals surface area (Å²) in [4.78, 5) is 0. The smallest absolute Gasteiger partial charge is 0.0510 e. The fourth-order valence-corrected chi connectivity index (χ4v) is 3.54. The summed E-state index contributed by atoms with van der Waals surface area (Å²) in [6.07, 6.45) is 1.97. The maximum absolute atomic E-state index is 11.9. The first kappa shape index (κ1) is 15.1. The Bertz CT molecular complexity index is 220. The summed E-state index contributed by atoms with van der Waals surface area (Å²) < 4.78 is 22.3. The molecular formula is C12H25NO3S. The lowest BCUT2D eigenvalue weighted by molar-refractivity contribution is 0.179. The molecule has 1 aliphatic rings. The Morgan fingerprint density at radius 3 is 3.00 bits per heavy atom. The summed E-state index contributed by atoms with van der Waals surface area (Å²) in [6, 6.07) is 0.339. The van der Waals surface area contributed by atoms with Gasteiger partial charge in [0.2, 0.25) is 0 Å². The van der Waals surface area contributed by atoms with E-state index in [1.807, 2.05) is 0 Å². The van der Waals surface area contributed by atoms with Crippen LogP contribution in [0.1, 0.15) is 19.8 Å². The highest BCUT2D eigenvalue weighted by Crippen LogP contribution is 2.17. The molecule has 0 aromatic heterocycles. The molecule has 0 aromatic rings. The van der Waals surface area contributed by atoms with Crippen molar-refractivity contribution in [3.8, 4) is 0 Å². The van der Waals surface area contributed by atoms with Crippen LogP contribution in [0.15, 0.2) is 0 Å². The molecule has 5 heteroatoms. The molecule has 1 fully saturated rings. The highest BCUT2D eigenvalue weighted by atomic mass is 32.2. The Hall–Kier alpha value is 0.0300. The molecule has 17 heavy (non-hydrogen) atoms. The SMILES string of the molecule is CCNC(CS(=O)CCCOC)C1CCOC1. The van der Waals surface area contributed by atoms with E-state index in [0.717, 1.165) is 44.1 Å². The summed E-state index contributed by atoms with van der Waals surface area (Å²) in [5, 5.41) is 3.44. The van der Waals surface area contributed by atoms with Crippen molar-refractivity contribution >= 4 is 10.8 Å². The molecular weight excluding hydrogens is 238 g/mol.